The topological polar surface area (TPSA) is 41.5 Å². The summed E-state index contributed by atoms with van der Waals surface area (Å²) in [5.41, 5.74) is 2.01. The van der Waals surface area contributed by atoms with Gasteiger partial charge >= 0.3 is 0 Å². The molecule has 1 fully saturated rings. The molecule has 0 unspecified atom stereocenters. The SMILES string of the molecule is CCOCCN1CCN(c2nc(C)cnc2C)CC1. The van der Waals surface area contributed by atoms with E-state index < -0.39 is 0 Å². The van der Waals surface area contributed by atoms with Gasteiger partial charge in [0.2, 0.25) is 0 Å². The summed E-state index contributed by atoms with van der Waals surface area (Å²) in [4.78, 5) is 13.8. The fourth-order valence-corrected chi connectivity index (χ4v) is 2.35. The lowest BCUT2D eigenvalue weighted by atomic mass is 10.3. The Morgan fingerprint density at radius 2 is 1.95 bits per heavy atom. The number of anilines is 1. The summed E-state index contributed by atoms with van der Waals surface area (Å²) in [7, 11) is 0. The number of piperazine rings is 1. The quantitative estimate of drug-likeness (QED) is 0.749. The molecule has 1 aliphatic rings. The molecule has 19 heavy (non-hydrogen) atoms. The van der Waals surface area contributed by atoms with Crippen LogP contribution in [-0.4, -0.2) is 60.8 Å². The Morgan fingerprint density at radius 1 is 1.21 bits per heavy atom. The summed E-state index contributed by atoms with van der Waals surface area (Å²) in [6, 6.07) is 0. The van der Waals surface area contributed by atoms with E-state index in [1.54, 1.807) is 0 Å². The van der Waals surface area contributed by atoms with Gasteiger partial charge in [-0.1, -0.05) is 0 Å². The van der Waals surface area contributed by atoms with E-state index in [1.165, 1.54) is 0 Å². The lowest BCUT2D eigenvalue weighted by Crippen LogP contribution is -2.47. The molecule has 0 N–H and O–H groups in total. The van der Waals surface area contributed by atoms with E-state index in [1.807, 2.05) is 27.0 Å². The van der Waals surface area contributed by atoms with Crippen molar-refractivity contribution in [1.82, 2.24) is 14.9 Å². The van der Waals surface area contributed by atoms with E-state index in [-0.39, 0.29) is 0 Å². The number of rotatable bonds is 5. The number of ether oxygens (including phenoxy) is 1. The zero-order valence-corrected chi connectivity index (χ0v) is 12.2. The van der Waals surface area contributed by atoms with E-state index in [0.717, 1.165) is 63.1 Å². The lowest BCUT2D eigenvalue weighted by Gasteiger charge is -2.35. The zero-order chi connectivity index (χ0) is 13.7. The molecule has 5 heteroatoms. The van der Waals surface area contributed by atoms with Crippen molar-refractivity contribution in [2.45, 2.75) is 20.8 Å². The third-order valence-corrected chi connectivity index (χ3v) is 3.48. The fourth-order valence-electron chi connectivity index (χ4n) is 2.35. The number of hydrogen-bond acceptors (Lipinski definition) is 5. The van der Waals surface area contributed by atoms with E-state index in [9.17, 15) is 0 Å². The van der Waals surface area contributed by atoms with E-state index in [0.29, 0.717) is 0 Å². The predicted octanol–water partition coefficient (Wildman–Crippen LogP) is 1.25. The highest BCUT2D eigenvalue weighted by molar-refractivity contribution is 5.43. The van der Waals surface area contributed by atoms with Crippen molar-refractivity contribution in [3.05, 3.63) is 17.6 Å². The monoisotopic (exact) mass is 264 g/mol. The fraction of sp³-hybridized carbons (Fsp3) is 0.714. The molecule has 0 spiro atoms. The minimum Gasteiger partial charge on any atom is -0.380 e. The maximum absolute atomic E-state index is 5.40. The molecule has 1 saturated heterocycles. The molecule has 0 aliphatic carbocycles. The second kappa shape index (κ2) is 6.82. The Morgan fingerprint density at radius 3 is 2.63 bits per heavy atom. The Hall–Kier alpha value is -1.20. The molecule has 0 saturated carbocycles. The molecule has 1 aromatic heterocycles. The first kappa shape index (κ1) is 14.2. The molecule has 5 nitrogen and oxygen atoms in total. The van der Waals surface area contributed by atoms with Gasteiger partial charge in [-0.15, -0.1) is 0 Å². The molecule has 2 heterocycles. The van der Waals surface area contributed by atoms with Crippen LogP contribution in [0.5, 0.6) is 0 Å². The molecule has 0 atom stereocenters. The molecule has 0 aromatic carbocycles. The van der Waals surface area contributed by atoms with Crippen LogP contribution in [-0.2, 0) is 4.74 Å². The molecule has 0 amide bonds. The van der Waals surface area contributed by atoms with Crippen molar-refractivity contribution in [1.29, 1.82) is 0 Å². The molecule has 0 bridgehead atoms. The Balaban J connectivity index is 1.87. The van der Waals surface area contributed by atoms with Crippen molar-refractivity contribution < 1.29 is 4.74 Å². The van der Waals surface area contributed by atoms with Crippen molar-refractivity contribution in [2.24, 2.45) is 0 Å². The van der Waals surface area contributed by atoms with Crippen LogP contribution in [0.4, 0.5) is 5.82 Å². The van der Waals surface area contributed by atoms with Crippen LogP contribution in [0.15, 0.2) is 6.20 Å². The van der Waals surface area contributed by atoms with E-state index in [4.69, 9.17) is 4.74 Å². The smallest absolute Gasteiger partial charge is 0.150 e. The summed E-state index contributed by atoms with van der Waals surface area (Å²) >= 11 is 0. The van der Waals surface area contributed by atoms with Crippen molar-refractivity contribution in [3.63, 3.8) is 0 Å². The minimum atomic E-state index is 0.804. The van der Waals surface area contributed by atoms with Gasteiger partial charge in [0.15, 0.2) is 0 Å². The number of nitrogens with zero attached hydrogens (tertiary/aromatic N) is 4. The first-order valence-electron chi connectivity index (χ1n) is 7.06. The first-order chi connectivity index (χ1) is 9.20. The number of aryl methyl sites for hydroxylation is 2. The third kappa shape index (κ3) is 3.88. The summed E-state index contributed by atoms with van der Waals surface area (Å²) in [6.45, 7) is 12.9. The highest BCUT2D eigenvalue weighted by atomic mass is 16.5. The zero-order valence-electron chi connectivity index (χ0n) is 12.2. The summed E-state index contributed by atoms with van der Waals surface area (Å²) in [6.07, 6.45) is 1.83. The van der Waals surface area contributed by atoms with Gasteiger partial charge in [0.25, 0.3) is 0 Å². The second-order valence-corrected chi connectivity index (χ2v) is 4.95. The van der Waals surface area contributed by atoms with Gasteiger partial charge in [-0.05, 0) is 20.8 Å². The van der Waals surface area contributed by atoms with Crippen molar-refractivity contribution in [2.75, 3.05) is 50.8 Å². The van der Waals surface area contributed by atoms with Gasteiger partial charge in [-0.25, -0.2) is 4.98 Å². The van der Waals surface area contributed by atoms with Crippen molar-refractivity contribution in [3.8, 4) is 0 Å². The van der Waals surface area contributed by atoms with Crippen LogP contribution in [0, 0.1) is 13.8 Å². The maximum atomic E-state index is 5.40. The van der Waals surface area contributed by atoms with Crippen molar-refractivity contribution >= 4 is 5.82 Å². The Bertz CT molecular complexity index is 402. The summed E-state index contributed by atoms with van der Waals surface area (Å²) in [5, 5.41) is 0. The molecule has 106 valence electrons. The second-order valence-electron chi connectivity index (χ2n) is 4.95. The van der Waals surface area contributed by atoms with Gasteiger partial charge in [0.05, 0.1) is 18.0 Å². The summed E-state index contributed by atoms with van der Waals surface area (Å²) in [5.74, 6) is 1.05. The molecular formula is C14H24N4O. The average molecular weight is 264 g/mol. The van der Waals surface area contributed by atoms with Gasteiger partial charge in [-0.3, -0.25) is 9.88 Å². The van der Waals surface area contributed by atoms with Crippen LogP contribution in [0.3, 0.4) is 0 Å². The highest BCUT2D eigenvalue weighted by Gasteiger charge is 2.19. The lowest BCUT2D eigenvalue weighted by molar-refractivity contribution is 0.111. The normalized spacial score (nSPS) is 16.9. The maximum Gasteiger partial charge on any atom is 0.150 e. The predicted molar refractivity (Wildman–Crippen MR) is 76.7 cm³/mol. The minimum absolute atomic E-state index is 0.804. The van der Waals surface area contributed by atoms with Crippen LogP contribution < -0.4 is 4.90 Å². The molecule has 1 aromatic rings. The van der Waals surface area contributed by atoms with Gasteiger partial charge in [0, 0.05) is 45.5 Å². The van der Waals surface area contributed by atoms with Crippen LogP contribution in [0.2, 0.25) is 0 Å². The Labute approximate surface area is 115 Å². The van der Waals surface area contributed by atoms with E-state index in [2.05, 4.69) is 19.8 Å². The standard InChI is InChI=1S/C14H24N4O/c1-4-19-10-9-17-5-7-18(8-6-17)14-13(3)15-11-12(2)16-14/h11H,4-10H2,1-3H3. The third-order valence-electron chi connectivity index (χ3n) is 3.48. The van der Waals surface area contributed by atoms with Crippen LogP contribution >= 0.6 is 0 Å². The average Bonchev–Trinajstić information content (AvgIpc) is 2.43. The van der Waals surface area contributed by atoms with Crippen LogP contribution in [0.25, 0.3) is 0 Å². The van der Waals surface area contributed by atoms with Gasteiger partial charge < -0.3 is 9.64 Å². The van der Waals surface area contributed by atoms with Crippen LogP contribution in [0.1, 0.15) is 18.3 Å². The van der Waals surface area contributed by atoms with Gasteiger partial charge in [0.1, 0.15) is 5.82 Å². The summed E-state index contributed by atoms with van der Waals surface area (Å²) < 4.78 is 5.40. The highest BCUT2D eigenvalue weighted by Crippen LogP contribution is 2.17. The number of hydrogen-bond donors (Lipinski definition) is 0. The molecule has 0 radical (unpaired) electrons. The molecule has 1 aliphatic heterocycles. The molecule has 2 rings (SSSR count). The number of aromatic nitrogens is 2. The Kier molecular flexibility index (Phi) is 5.10. The first-order valence-corrected chi connectivity index (χ1v) is 7.06. The van der Waals surface area contributed by atoms with Gasteiger partial charge in [-0.2, -0.15) is 0 Å². The largest absolute Gasteiger partial charge is 0.380 e. The van der Waals surface area contributed by atoms with E-state index >= 15 is 0 Å². The molecular weight excluding hydrogens is 240 g/mol.